The fraction of sp³-hybridized carbons (Fsp3) is 0.880. The molecule has 162 valence electrons. The number of unbranched alkanes of at least 4 members (excludes halogenated alkanes) is 7. The maximum absolute atomic E-state index is 12.3. The number of hydrogen-bond donors (Lipinski definition) is 1. The Labute approximate surface area is 174 Å². The molecule has 2 atom stereocenters. The van der Waals surface area contributed by atoms with Crippen molar-refractivity contribution in [1.82, 2.24) is 5.48 Å². The third-order valence-electron chi connectivity index (χ3n) is 6.56. The first-order valence-electron chi connectivity index (χ1n) is 12.5. The minimum Gasteiger partial charge on any atom is -0.292 e. The highest BCUT2D eigenvalue weighted by molar-refractivity contribution is 5.94. The molecule has 1 heterocycles. The third-order valence-corrected chi connectivity index (χ3v) is 6.56. The minimum atomic E-state index is 0.0961. The van der Waals surface area contributed by atoms with Gasteiger partial charge in [-0.05, 0) is 24.8 Å². The van der Waals surface area contributed by atoms with Crippen molar-refractivity contribution < 1.29 is 9.63 Å². The first kappa shape index (κ1) is 23.4. The number of nitrogens with one attached hydrogen (secondary N) is 1. The van der Waals surface area contributed by atoms with Gasteiger partial charge in [0.25, 0.3) is 0 Å². The molecule has 2 unspecified atom stereocenters. The summed E-state index contributed by atoms with van der Waals surface area (Å²) in [6.07, 6.45) is 26.7. The minimum absolute atomic E-state index is 0.0961. The molecule has 28 heavy (non-hydrogen) atoms. The quantitative estimate of drug-likeness (QED) is 0.416. The van der Waals surface area contributed by atoms with Crippen molar-refractivity contribution in [3.63, 3.8) is 0 Å². The number of rotatable bonds is 9. The van der Waals surface area contributed by atoms with E-state index in [-0.39, 0.29) is 11.9 Å². The second-order valence-corrected chi connectivity index (χ2v) is 9.13. The Balaban J connectivity index is 1.65. The maximum atomic E-state index is 12.3. The van der Waals surface area contributed by atoms with Crippen LogP contribution < -0.4 is 5.48 Å². The lowest BCUT2D eigenvalue weighted by Crippen LogP contribution is -2.17. The molecule has 2 bridgehead atoms. The van der Waals surface area contributed by atoms with Gasteiger partial charge >= 0.3 is 0 Å². The average Bonchev–Trinajstić information content (AvgIpc) is 3.17. The first-order valence-corrected chi connectivity index (χ1v) is 12.5. The number of carbonyl (C=O) groups is 1. The Kier molecular flexibility index (Phi) is 12.6. The van der Waals surface area contributed by atoms with Crippen molar-refractivity contribution in [3.8, 4) is 0 Å². The monoisotopic (exact) mass is 391 g/mol. The third kappa shape index (κ3) is 10.1. The van der Waals surface area contributed by atoms with Crippen LogP contribution in [-0.4, -0.2) is 11.9 Å². The van der Waals surface area contributed by atoms with Gasteiger partial charge in [0.2, 0.25) is 0 Å². The van der Waals surface area contributed by atoms with Crippen LogP contribution in [0.15, 0.2) is 11.8 Å². The summed E-state index contributed by atoms with van der Waals surface area (Å²) in [7, 11) is 0. The molecule has 2 aliphatic rings. The lowest BCUT2D eigenvalue weighted by Gasteiger charge is -2.17. The van der Waals surface area contributed by atoms with E-state index in [2.05, 4.69) is 12.4 Å². The maximum Gasteiger partial charge on any atom is 0.180 e. The summed E-state index contributed by atoms with van der Waals surface area (Å²) in [5.41, 5.74) is 3.57. The van der Waals surface area contributed by atoms with Crippen molar-refractivity contribution in [2.24, 2.45) is 5.92 Å². The van der Waals surface area contributed by atoms with E-state index in [1.165, 1.54) is 103 Å². The van der Waals surface area contributed by atoms with E-state index in [9.17, 15) is 4.79 Å². The van der Waals surface area contributed by atoms with Crippen LogP contribution in [0.4, 0.5) is 0 Å². The predicted molar refractivity (Wildman–Crippen MR) is 118 cm³/mol. The Hall–Kier alpha value is -0.830. The van der Waals surface area contributed by atoms with Crippen LogP contribution in [0, 0.1) is 5.92 Å². The highest BCUT2D eigenvalue weighted by Crippen LogP contribution is 2.25. The smallest absolute Gasteiger partial charge is 0.180 e. The number of Topliss-reactive ketones (excluding diaryl/α,β-unsaturated/α-hetero) is 1. The fourth-order valence-corrected chi connectivity index (χ4v) is 4.67. The van der Waals surface area contributed by atoms with Crippen LogP contribution in [0.1, 0.15) is 129 Å². The van der Waals surface area contributed by atoms with Gasteiger partial charge in [-0.25, -0.2) is 0 Å². The molecule has 1 N–H and O–H groups in total. The van der Waals surface area contributed by atoms with E-state index in [4.69, 9.17) is 4.84 Å². The second-order valence-electron chi connectivity index (χ2n) is 9.13. The topological polar surface area (TPSA) is 38.3 Å². The highest BCUT2D eigenvalue weighted by atomic mass is 16.7. The fourth-order valence-electron chi connectivity index (χ4n) is 4.67. The molecule has 0 amide bonds. The van der Waals surface area contributed by atoms with Crippen LogP contribution in [0.2, 0.25) is 0 Å². The molecule has 2 rings (SSSR count). The van der Waals surface area contributed by atoms with Crippen molar-refractivity contribution in [1.29, 1.82) is 0 Å². The van der Waals surface area contributed by atoms with Crippen molar-refractivity contribution in [3.05, 3.63) is 11.8 Å². The van der Waals surface area contributed by atoms with Crippen molar-refractivity contribution in [2.75, 3.05) is 0 Å². The summed E-state index contributed by atoms with van der Waals surface area (Å²) in [4.78, 5) is 17.9. The molecule has 1 aliphatic heterocycles. The zero-order valence-electron chi connectivity index (χ0n) is 18.5. The SMILES string of the molecule is CCCCCCCCCCC1CCCCCCC2C=C(NO2)C(=O)CCCC1. The van der Waals surface area contributed by atoms with Gasteiger partial charge in [0, 0.05) is 6.42 Å². The van der Waals surface area contributed by atoms with Crippen LogP contribution in [0.25, 0.3) is 0 Å². The number of hydroxylamine groups is 1. The molecule has 1 aliphatic carbocycles. The van der Waals surface area contributed by atoms with Gasteiger partial charge in [0.15, 0.2) is 5.78 Å². The molecule has 0 aromatic carbocycles. The molecular formula is C25H45NO2. The van der Waals surface area contributed by atoms with Crippen LogP contribution >= 0.6 is 0 Å². The molecule has 0 aromatic heterocycles. The number of carbonyl (C=O) groups excluding carboxylic acids is 1. The zero-order chi connectivity index (χ0) is 19.9. The van der Waals surface area contributed by atoms with Gasteiger partial charge in [-0.15, -0.1) is 0 Å². The van der Waals surface area contributed by atoms with E-state index in [0.717, 1.165) is 18.8 Å². The predicted octanol–water partition coefficient (Wildman–Crippen LogP) is 7.40. The highest BCUT2D eigenvalue weighted by Gasteiger charge is 2.21. The van der Waals surface area contributed by atoms with E-state index in [1.54, 1.807) is 0 Å². The summed E-state index contributed by atoms with van der Waals surface area (Å²) in [5, 5.41) is 0. The summed E-state index contributed by atoms with van der Waals surface area (Å²) < 4.78 is 0. The van der Waals surface area contributed by atoms with Gasteiger partial charge in [-0.2, -0.15) is 0 Å². The molecule has 3 nitrogen and oxygen atoms in total. The lowest BCUT2D eigenvalue weighted by molar-refractivity contribution is -0.117. The van der Waals surface area contributed by atoms with Gasteiger partial charge in [-0.1, -0.05) is 110 Å². The average molecular weight is 392 g/mol. The number of allylic oxidation sites excluding steroid dienone is 1. The summed E-state index contributed by atoms with van der Waals surface area (Å²) >= 11 is 0. The molecule has 0 aromatic rings. The van der Waals surface area contributed by atoms with Crippen LogP contribution in [-0.2, 0) is 9.63 Å². The second kappa shape index (κ2) is 15.1. The largest absolute Gasteiger partial charge is 0.292 e. The van der Waals surface area contributed by atoms with Gasteiger partial charge in [-0.3, -0.25) is 15.1 Å². The number of ketones is 1. The number of fused-ring (bicyclic) bond motifs is 1. The Morgan fingerprint density at radius 2 is 1.50 bits per heavy atom. The van der Waals surface area contributed by atoms with Crippen LogP contribution in [0.5, 0.6) is 0 Å². The molecule has 0 saturated carbocycles. The number of hydrogen-bond acceptors (Lipinski definition) is 3. The van der Waals surface area contributed by atoms with Gasteiger partial charge < -0.3 is 0 Å². The summed E-state index contributed by atoms with van der Waals surface area (Å²) in [6, 6.07) is 0. The molecule has 0 radical (unpaired) electrons. The lowest BCUT2D eigenvalue weighted by atomic mass is 9.89. The van der Waals surface area contributed by atoms with Crippen molar-refractivity contribution in [2.45, 2.75) is 135 Å². The Bertz CT molecular complexity index is 446. The molecular weight excluding hydrogens is 346 g/mol. The Morgan fingerprint density at radius 3 is 2.25 bits per heavy atom. The molecule has 3 heteroatoms. The van der Waals surface area contributed by atoms with Gasteiger partial charge in [0.05, 0.1) is 0 Å². The normalized spacial score (nSPS) is 24.9. The first-order chi connectivity index (χ1) is 13.8. The van der Waals surface area contributed by atoms with Gasteiger partial charge in [0.1, 0.15) is 11.8 Å². The Morgan fingerprint density at radius 1 is 0.857 bits per heavy atom. The van der Waals surface area contributed by atoms with E-state index in [1.807, 2.05) is 6.08 Å². The zero-order valence-corrected chi connectivity index (χ0v) is 18.5. The van der Waals surface area contributed by atoms with E-state index >= 15 is 0 Å². The van der Waals surface area contributed by atoms with E-state index in [0.29, 0.717) is 12.1 Å². The van der Waals surface area contributed by atoms with Crippen LogP contribution in [0.3, 0.4) is 0 Å². The summed E-state index contributed by atoms with van der Waals surface area (Å²) in [6.45, 7) is 2.29. The molecule has 0 fully saturated rings. The molecule has 0 saturated heterocycles. The standard InChI is InChI=1S/C25H45NO2/c1-2-3-4-5-6-7-8-11-16-22-17-12-9-10-13-19-23-21-24(26-28-23)25(27)20-15-14-18-22/h21-23,26H,2-20H2,1H3. The molecule has 0 spiro atoms. The van der Waals surface area contributed by atoms with Crippen molar-refractivity contribution >= 4 is 5.78 Å². The summed E-state index contributed by atoms with van der Waals surface area (Å²) in [5.74, 6) is 1.12. The van der Waals surface area contributed by atoms with E-state index < -0.39 is 0 Å².